The molecule has 1 aliphatic carbocycles. The van der Waals surface area contributed by atoms with Crippen LogP contribution >= 0.6 is 23.5 Å². The van der Waals surface area contributed by atoms with E-state index >= 15 is 4.39 Å². The van der Waals surface area contributed by atoms with E-state index in [9.17, 15) is 0 Å². The van der Waals surface area contributed by atoms with Crippen molar-refractivity contribution in [2.24, 2.45) is 11.8 Å². The van der Waals surface area contributed by atoms with Crippen LogP contribution in [0.2, 0.25) is 0 Å². The molecule has 2 aromatic carbocycles. The molecule has 1 saturated carbocycles. The first-order valence-corrected chi connectivity index (χ1v) is 14.9. The van der Waals surface area contributed by atoms with E-state index in [1.54, 1.807) is 0 Å². The predicted molar refractivity (Wildman–Crippen MR) is 142 cm³/mol. The topological polar surface area (TPSA) is 0 Å². The highest BCUT2D eigenvalue weighted by atomic mass is 32.2. The lowest BCUT2D eigenvalue weighted by molar-refractivity contribution is 0.318. The maximum Gasteiger partial charge on any atom is 0.131 e. The molecule has 1 aliphatic heterocycles. The lowest BCUT2D eigenvalue weighted by atomic mass is 9.77. The average molecular weight is 471 g/mol. The molecule has 0 unspecified atom stereocenters. The smallest absolute Gasteiger partial charge is 0.131 e. The monoisotopic (exact) mass is 470 g/mol. The molecule has 174 valence electrons. The van der Waals surface area contributed by atoms with Gasteiger partial charge in [0, 0.05) is 5.56 Å². The van der Waals surface area contributed by atoms with Crippen LogP contribution in [0.5, 0.6) is 0 Å². The Morgan fingerprint density at radius 2 is 1.50 bits per heavy atom. The standard InChI is InChI=1S/C29H39FS2/c1-3-5-6-7-22-19-31-29(32-20-22)25-14-12-24(13-15-25)27-17-16-26(18-28(27)30)23-10-8-21(4-2)9-11-23/h12-18,21-23,29H,3-11,19-20H2,1-2H3/t21?,22-,23?,29-. The predicted octanol–water partition coefficient (Wildman–Crippen LogP) is 9.85. The van der Waals surface area contributed by atoms with Crippen LogP contribution in [0.1, 0.15) is 93.3 Å². The maximum atomic E-state index is 15.1. The van der Waals surface area contributed by atoms with E-state index in [4.69, 9.17) is 0 Å². The Labute approximate surface area is 203 Å². The van der Waals surface area contributed by atoms with Crippen molar-refractivity contribution in [1.82, 2.24) is 0 Å². The molecule has 3 heteroatoms. The zero-order valence-corrected chi connectivity index (χ0v) is 21.5. The third-order valence-corrected chi connectivity index (χ3v) is 10.9. The molecule has 0 radical (unpaired) electrons. The molecule has 0 N–H and O–H groups in total. The van der Waals surface area contributed by atoms with Crippen LogP contribution in [-0.4, -0.2) is 11.5 Å². The van der Waals surface area contributed by atoms with Gasteiger partial charge in [0.15, 0.2) is 0 Å². The van der Waals surface area contributed by atoms with Crippen molar-refractivity contribution >= 4 is 23.5 Å². The molecule has 0 atom stereocenters. The van der Waals surface area contributed by atoms with Gasteiger partial charge in [-0.15, -0.1) is 23.5 Å². The molecular weight excluding hydrogens is 431 g/mol. The van der Waals surface area contributed by atoms with Crippen LogP contribution in [0.25, 0.3) is 11.1 Å². The summed E-state index contributed by atoms with van der Waals surface area (Å²) in [6, 6.07) is 14.7. The fourth-order valence-electron chi connectivity index (χ4n) is 5.33. The van der Waals surface area contributed by atoms with Crippen molar-refractivity contribution in [3.8, 4) is 11.1 Å². The van der Waals surface area contributed by atoms with Gasteiger partial charge in [-0.05, 0) is 84.1 Å². The Kier molecular flexibility index (Phi) is 9.06. The van der Waals surface area contributed by atoms with E-state index in [0.29, 0.717) is 10.5 Å². The lowest BCUT2D eigenvalue weighted by Crippen LogP contribution is -2.14. The van der Waals surface area contributed by atoms with Gasteiger partial charge in [0.2, 0.25) is 0 Å². The molecule has 2 aromatic rings. The van der Waals surface area contributed by atoms with Gasteiger partial charge < -0.3 is 0 Å². The quantitative estimate of drug-likeness (QED) is 0.352. The van der Waals surface area contributed by atoms with Gasteiger partial charge in [0.25, 0.3) is 0 Å². The molecule has 0 amide bonds. The molecule has 2 aliphatic rings. The van der Waals surface area contributed by atoms with Crippen LogP contribution in [-0.2, 0) is 0 Å². The zero-order valence-electron chi connectivity index (χ0n) is 19.8. The first kappa shape index (κ1) is 24.2. The molecule has 4 rings (SSSR count). The van der Waals surface area contributed by atoms with Gasteiger partial charge in [-0.3, -0.25) is 0 Å². The summed E-state index contributed by atoms with van der Waals surface area (Å²) in [6.45, 7) is 4.57. The molecular formula is C29H39FS2. The number of thioether (sulfide) groups is 2. The van der Waals surface area contributed by atoms with Gasteiger partial charge >= 0.3 is 0 Å². The minimum absolute atomic E-state index is 0.0656. The van der Waals surface area contributed by atoms with Crippen LogP contribution in [0.3, 0.4) is 0 Å². The molecule has 1 saturated heterocycles. The zero-order chi connectivity index (χ0) is 22.3. The number of rotatable bonds is 8. The summed E-state index contributed by atoms with van der Waals surface area (Å²) in [5.74, 6) is 4.77. The van der Waals surface area contributed by atoms with Gasteiger partial charge in [-0.1, -0.05) is 75.9 Å². The van der Waals surface area contributed by atoms with Crippen molar-refractivity contribution in [3.05, 3.63) is 59.4 Å². The van der Waals surface area contributed by atoms with E-state index in [1.165, 1.54) is 80.4 Å². The fourth-order valence-corrected chi connectivity index (χ4v) is 8.50. The van der Waals surface area contributed by atoms with Crippen LogP contribution in [0, 0.1) is 17.7 Å². The molecule has 32 heavy (non-hydrogen) atoms. The Morgan fingerprint density at radius 3 is 2.12 bits per heavy atom. The number of unbranched alkanes of at least 4 members (excludes halogenated alkanes) is 2. The van der Waals surface area contributed by atoms with Crippen molar-refractivity contribution < 1.29 is 4.39 Å². The first-order chi connectivity index (χ1) is 15.7. The van der Waals surface area contributed by atoms with E-state index in [0.717, 1.165) is 23.0 Å². The Hall–Kier alpha value is -0.930. The summed E-state index contributed by atoms with van der Waals surface area (Å²) >= 11 is 4.19. The van der Waals surface area contributed by atoms with Crippen molar-refractivity contribution in [3.63, 3.8) is 0 Å². The lowest BCUT2D eigenvalue weighted by Gasteiger charge is -2.28. The fraction of sp³-hybridized carbons (Fsp3) is 0.586. The largest absolute Gasteiger partial charge is 0.206 e. The SMILES string of the molecule is CCCCC[C@H]1CS[C@H](c2ccc(-c3ccc(C4CCC(CC)CC4)cc3F)cc2)SC1. The minimum atomic E-state index is -0.0656. The highest BCUT2D eigenvalue weighted by molar-refractivity contribution is 8.16. The third kappa shape index (κ3) is 6.14. The van der Waals surface area contributed by atoms with Crippen LogP contribution in [0.4, 0.5) is 4.39 Å². The number of hydrogen-bond donors (Lipinski definition) is 0. The Balaban J connectivity index is 1.35. The molecule has 0 nitrogen and oxygen atoms in total. The second kappa shape index (κ2) is 12.0. The van der Waals surface area contributed by atoms with E-state index < -0.39 is 0 Å². The van der Waals surface area contributed by atoms with Gasteiger partial charge in [0.05, 0.1) is 4.58 Å². The molecule has 1 heterocycles. The Morgan fingerprint density at radius 1 is 0.812 bits per heavy atom. The van der Waals surface area contributed by atoms with E-state index in [2.05, 4.69) is 67.7 Å². The summed E-state index contributed by atoms with van der Waals surface area (Å²) in [4.78, 5) is 0. The molecule has 2 fully saturated rings. The first-order valence-electron chi connectivity index (χ1n) is 12.8. The van der Waals surface area contributed by atoms with E-state index in [-0.39, 0.29) is 5.82 Å². The molecule has 0 aromatic heterocycles. The van der Waals surface area contributed by atoms with Gasteiger partial charge in [-0.2, -0.15) is 0 Å². The number of hydrogen-bond acceptors (Lipinski definition) is 2. The third-order valence-electron chi connectivity index (χ3n) is 7.57. The highest BCUT2D eigenvalue weighted by Gasteiger charge is 2.24. The van der Waals surface area contributed by atoms with Crippen molar-refractivity contribution in [2.75, 3.05) is 11.5 Å². The maximum absolute atomic E-state index is 15.1. The van der Waals surface area contributed by atoms with Crippen LogP contribution < -0.4 is 0 Å². The molecule has 0 bridgehead atoms. The van der Waals surface area contributed by atoms with Crippen LogP contribution in [0.15, 0.2) is 42.5 Å². The second-order valence-corrected chi connectivity index (χ2v) is 12.4. The summed E-state index contributed by atoms with van der Waals surface area (Å²) in [7, 11) is 0. The average Bonchev–Trinajstić information content (AvgIpc) is 2.85. The minimum Gasteiger partial charge on any atom is -0.206 e. The summed E-state index contributed by atoms with van der Waals surface area (Å²) < 4.78 is 15.6. The second-order valence-electron chi connectivity index (χ2n) is 9.85. The van der Waals surface area contributed by atoms with Gasteiger partial charge in [-0.25, -0.2) is 4.39 Å². The summed E-state index contributed by atoms with van der Waals surface area (Å²) in [6.07, 6.45) is 11.7. The Bertz CT molecular complexity index is 831. The van der Waals surface area contributed by atoms with E-state index in [1.807, 2.05) is 12.1 Å². The normalized spacial score (nSPS) is 26.2. The highest BCUT2D eigenvalue weighted by Crippen LogP contribution is 2.46. The number of halogens is 1. The van der Waals surface area contributed by atoms with Crippen molar-refractivity contribution in [1.29, 1.82) is 0 Å². The van der Waals surface area contributed by atoms with Crippen molar-refractivity contribution in [2.45, 2.75) is 82.1 Å². The summed E-state index contributed by atoms with van der Waals surface area (Å²) in [5, 5.41) is 0. The van der Waals surface area contributed by atoms with Gasteiger partial charge in [0.1, 0.15) is 5.82 Å². The summed E-state index contributed by atoms with van der Waals surface area (Å²) in [5.41, 5.74) is 4.31. The molecule has 0 spiro atoms. The number of benzene rings is 2.